The molecule has 8 aromatic rings. The highest BCUT2D eigenvalue weighted by Gasteiger charge is 2.52. The highest BCUT2D eigenvalue weighted by Crippen LogP contribution is 2.51. The highest BCUT2D eigenvalue weighted by atomic mass is 16.5. The zero-order valence-corrected chi connectivity index (χ0v) is 64.9. The number of rotatable bonds is 15. The molecule has 23 heteroatoms. The summed E-state index contributed by atoms with van der Waals surface area (Å²) < 4.78 is 27.4. The fourth-order valence-electron chi connectivity index (χ4n) is 20.0. The van der Waals surface area contributed by atoms with E-state index < -0.39 is 36.4 Å². The van der Waals surface area contributed by atoms with Crippen molar-refractivity contribution in [1.29, 1.82) is 0 Å². The summed E-state index contributed by atoms with van der Waals surface area (Å²) in [6.45, 7) is 13.2. The summed E-state index contributed by atoms with van der Waals surface area (Å²) in [5.41, 5.74) is 17.0. The van der Waals surface area contributed by atoms with Crippen LogP contribution in [0.25, 0.3) is 66.3 Å². The molecular formula is C88H100N12O11. The summed E-state index contributed by atoms with van der Waals surface area (Å²) in [4.78, 5) is 112. The van der Waals surface area contributed by atoms with Crippen LogP contribution in [-0.2, 0) is 54.6 Å². The summed E-state index contributed by atoms with van der Waals surface area (Å²) in [6.07, 6.45) is 18.2. The average Bonchev–Trinajstić information content (AvgIpc) is 1.69. The highest BCUT2D eigenvalue weighted by molar-refractivity contribution is 6.08. The Kier molecular flexibility index (Phi) is 19.7. The van der Waals surface area contributed by atoms with Gasteiger partial charge < -0.3 is 64.3 Å². The number of nitrogens with one attached hydrogen (secondary N) is 5. The van der Waals surface area contributed by atoms with Gasteiger partial charge in [0.1, 0.15) is 54.5 Å². The van der Waals surface area contributed by atoms with Gasteiger partial charge in [0, 0.05) is 71.1 Å². The van der Waals surface area contributed by atoms with Crippen molar-refractivity contribution < 1.29 is 52.5 Å². The van der Waals surface area contributed by atoms with Gasteiger partial charge in [-0.1, -0.05) is 91.5 Å². The van der Waals surface area contributed by atoms with Gasteiger partial charge in [-0.05, 0) is 209 Å². The van der Waals surface area contributed by atoms with Gasteiger partial charge in [-0.25, -0.2) is 24.4 Å². The molecular weight excluding hydrogens is 1400 g/mol. The van der Waals surface area contributed by atoms with Crippen molar-refractivity contribution in [2.45, 2.75) is 212 Å². The number of carbonyl (C=O) groups is 6. The lowest BCUT2D eigenvalue weighted by atomic mass is 9.90. The number of carbonyl (C=O) groups excluding carboxylic acids is 6. The topological polar surface area (TPSA) is 276 Å². The first-order valence-electron chi connectivity index (χ1n) is 40.2. The van der Waals surface area contributed by atoms with Crippen LogP contribution in [0.4, 0.5) is 25.8 Å². The minimum atomic E-state index is -0.700. The van der Waals surface area contributed by atoms with E-state index in [1.54, 1.807) is 6.20 Å². The number of ether oxygens (including phenoxy) is 5. The van der Waals surface area contributed by atoms with E-state index in [-0.39, 0.29) is 65.7 Å². The lowest BCUT2D eigenvalue weighted by Gasteiger charge is -2.34. The van der Waals surface area contributed by atoms with Crippen LogP contribution in [0.2, 0.25) is 0 Å². The number of alkyl carbamates (subject to hydrolysis) is 3. The summed E-state index contributed by atoms with van der Waals surface area (Å²) in [6, 6.07) is 28.3. The van der Waals surface area contributed by atoms with Crippen molar-refractivity contribution in [3.8, 4) is 56.3 Å². The number of aromatic nitrogens is 4. The molecule has 578 valence electrons. The maximum Gasteiger partial charge on any atom is 0.407 e. The molecule has 18 rings (SSSR count). The first kappa shape index (κ1) is 73.2. The Labute approximate surface area is 646 Å². The smallest absolute Gasteiger partial charge is 0.407 e. The Morgan fingerprint density at radius 3 is 1.39 bits per heavy atom. The maximum atomic E-state index is 14.3. The van der Waals surface area contributed by atoms with Gasteiger partial charge in [0.2, 0.25) is 17.7 Å². The van der Waals surface area contributed by atoms with Crippen LogP contribution in [0.1, 0.15) is 177 Å². The van der Waals surface area contributed by atoms with Crippen LogP contribution >= 0.6 is 0 Å². The van der Waals surface area contributed by atoms with Gasteiger partial charge in [0.05, 0.1) is 74.6 Å². The number of likely N-dealkylation sites (tertiary alicyclic amines) is 3. The number of methoxy groups -OCH3 is 3. The quantitative estimate of drug-likeness (QED) is 0.0598. The third-order valence-corrected chi connectivity index (χ3v) is 25.7. The lowest BCUT2D eigenvalue weighted by Crippen LogP contribution is -2.56. The molecule has 3 aliphatic carbocycles. The molecule has 0 radical (unpaired) electrons. The molecule has 2 aromatic heterocycles. The second kappa shape index (κ2) is 29.9. The standard InChI is InChI=1S/C47H55N7O7.C41H45N5O4/c1-24(2)41(51-46(57)59-5)44(55)53-16-8-11-38(53)43-48-22-36(50-43)27-12-14-30-32-17-26-13-15-34-33(31(26)18-29(32)23-61-40(30)20-27)21-35(49-34)39-19-28-9-7-10-37(28)54(39)45(56)42(25(3)4)52-47(58)60-6;1-22(2)38(45-41(48)49-3)40(47)46-35-10-6-9-26(35)17-36(46)33-19-31-29-16-27-21-50-37-18-25(34-20-42-39(44-34)23-7-4-5-8-23)11-13-28(37)30(27)15-24(29)12-14-32(31)43-33/h12-15,17-18,20,22,24-25,28,37-39,41-42H,7-11,16,19,21,23H2,1-6H3,(H,48,50)(H,51,57)(H,52,58);11-16,18,20,22-23,26,35-36,38H,4-10,17,19,21H2,1-3H3,(H,42,44)(H,45,48)/t28?,37-,38?,39-,41-,42-;26?,35-,36-,38-/m00/s1. The summed E-state index contributed by atoms with van der Waals surface area (Å²) in [5, 5.41) is 13.0. The van der Waals surface area contributed by atoms with E-state index in [1.165, 1.54) is 80.0 Å². The van der Waals surface area contributed by atoms with Crippen molar-refractivity contribution in [3.05, 3.63) is 131 Å². The summed E-state index contributed by atoms with van der Waals surface area (Å²) in [5.74, 6) is 4.44. The number of hydrogen-bond donors (Lipinski definition) is 5. The number of nitrogens with zero attached hydrogens (tertiary/aromatic N) is 7. The Morgan fingerprint density at radius 1 is 0.477 bits per heavy atom. The van der Waals surface area contributed by atoms with Gasteiger partial charge in [-0.2, -0.15) is 0 Å². The fourth-order valence-corrected chi connectivity index (χ4v) is 20.0. The van der Waals surface area contributed by atoms with E-state index in [4.69, 9.17) is 43.6 Å². The third kappa shape index (κ3) is 13.5. The molecule has 3 saturated carbocycles. The second-order valence-electron chi connectivity index (χ2n) is 33.3. The van der Waals surface area contributed by atoms with Gasteiger partial charge >= 0.3 is 18.3 Å². The fraction of sp³-hybridized carbons (Fsp3) is 0.477. The Balaban J connectivity index is 0.000000164. The van der Waals surface area contributed by atoms with E-state index in [2.05, 4.69) is 115 Å². The van der Waals surface area contributed by atoms with E-state index in [1.807, 2.05) is 58.7 Å². The summed E-state index contributed by atoms with van der Waals surface area (Å²) in [7, 11) is 3.95. The SMILES string of the molecule is COC(=O)N[C@H](C(=O)N1CCCC1c1ncc(-c2ccc3c(c2)OCc2cc4c5c(ccc4cc2-3)N=C([C@@H]2CC3CCC[C@@H]3N2C(=O)[C@@H](NC(=O)OC)C(C)C)C5)[nH]1)C(C)C.COC(=O)N[C@H](C(=O)N1[C@H](C2=Nc3ccc4cc5c(cc4c3C2)COc2cc(-c3cnc(C4CCCC4)[nH]3)ccc2-5)CC2CCC[C@@H]21)C(C)C. The van der Waals surface area contributed by atoms with Crippen molar-refractivity contribution in [2.75, 3.05) is 27.9 Å². The molecule has 6 fully saturated rings. The Bertz CT molecular complexity index is 5110. The van der Waals surface area contributed by atoms with Crippen LogP contribution in [0.15, 0.2) is 107 Å². The predicted octanol–water partition coefficient (Wildman–Crippen LogP) is 15.8. The van der Waals surface area contributed by atoms with Gasteiger partial charge in [-0.15, -0.1) is 0 Å². The van der Waals surface area contributed by atoms with Gasteiger partial charge in [0.15, 0.2) is 0 Å². The van der Waals surface area contributed by atoms with Crippen LogP contribution in [0, 0.1) is 29.6 Å². The van der Waals surface area contributed by atoms with Crippen LogP contribution < -0.4 is 25.4 Å². The minimum absolute atomic E-state index is 0.0249. The third-order valence-electron chi connectivity index (χ3n) is 25.7. The number of benzene rings is 6. The first-order valence-corrected chi connectivity index (χ1v) is 40.2. The molecule has 10 atom stereocenters. The lowest BCUT2D eigenvalue weighted by molar-refractivity contribution is -0.137. The molecule has 6 amide bonds. The summed E-state index contributed by atoms with van der Waals surface area (Å²) >= 11 is 0. The van der Waals surface area contributed by atoms with E-state index in [0.717, 1.165) is 160 Å². The number of H-pyrrole nitrogens is 2. The van der Waals surface area contributed by atoms with E-state index in [0.29, 0.717) is 56.2 Å². The average molecular weight is 1500 g/mol. The van der Waals surface area contributed by atoms with Crippen LogP contribution in [0.3, 0.4) is 0 Å². The van der Waals surface area contributed by atoms with Crippen molar-refractivity contribution in [3.63, 3.8) is 0 Å². The Hall–Kier alpha value is -10.6. The zero-order chi connectivity index (χ0) is 76.8. The van der Waals surface area contributed by atoms with E-state index >= 15 is 0 Å². The molecule has 111 heavy (non-hydrogen) atoms. The number of imidazole rings is 2. The minimum Gasteiger partial charge on any atom is -0.488 e. The number of fused-ring (bicyclic) bond motifs is 14. The molecule has 0 spiro atoms. The molecule has 3 saturated heterocycles. The molecule has 0 bridgehead atoms. The van der Waals surface area contributed by atoms with Crippen molar-refractivity contribution >= 4 is 80.3 Å². The number of aliphatic imine (C=N–C) groups is 2. The molecule has 23 nitrogen and oxygen atoms in total. The number of amides is 6. The molecule has 10 aliphatic rings. The molecule has 7 aliphatic heterocycles. The maximum absolute atomic E-state index is 14.3. The number of hydrogen-bond acceptors (Lipinski definition) is 15. The monoisotopic (exact) mass is 1500 g/mol. The van der Waals surface area contributed by atoms with Gasteiger partial charge in [-0.3, -0.25) is 24.4 Å². The Morgan fingerprint density at radius 2 is 0.928 bits per heavy atom. The number of aromatic amines is 2. The molecule has 9 heterocycles. The van der Waals surface area contributed by atoms with Crippen LogP contribution in [-0.4, -0.2) is 152 Å². The predicted molar refractivity (Wildman–Crippen MR) is 424 cm³/mol. The van der Waals surface area contributed by atoms with Crippen LogP contribution in [0.5, 0.6) is 11.5 Å². The van der Waals surface area contributed by atoms with Crippen molar-refractivity contribution in [1.82, 2.24) is 50.6 Å². The molecule has 5 N–H and O–H groups in total. The zero-order valence-electron chi connectivity index (χ0n) is 64.9. The van der Waals surface area contributed by atoms with Crippen molar-refractivity contribution in [2.24, 2.45) is 39.6 Å². The van der Waals surface area contributed by atoms with Gasteiger partial charge in [0.25, 0.3) is 0 Å². The normalized spacial score (nSPS) is 22.6. The van der Waals surface area contributed by atoms with E-state index in [9.17, 15) is 28.8 Å². The molecule has 6 aromatic carbocycles. The largest absolute Gasteiger partial charge is 0.488 e. The first-order chi connectivity index (χ1) is 53.8. The molecule has 3 unspecified atom stereocenters. The second-order valence-corrected chi connectivity index (χ2v) is 33.3.